The number of ether oxygens (including phenoxy) is 1. The molecule has 0 atom stereocenters. The molecule has 4 heteroatoms. The number of carbonyl (C=O) groups excluding carboxylic acids is 1. The second kappa shape index (κ2) is 7.08. The summed E-state index contributed by atoms with van der Waals surface area (Å²) < 4.78 is 19.4. The van der Waals surface area contributed by atoms with Crippen LogP contribution < -0.4 is 10.1 Å². The molecule has 0 radical (unpaired) electrons. The standard InChI is InChI=1S/C16H20FNO2/c1-2-16(19)18-13-8-9-15(14(17)10-13)20-11-12-6-4-3-5-7-12/h2,8-10,12H,1,3-7,11H2,(H,18,19). The van der Waals surface area contributed by atoms with Crippen LogP contribution in [0.1, 0.15) is 32.1 Å². The van der Waals surface area contributed by atoms with Crippen molar-refractivity contribution in [1.29, 1.82) is 0 Å². The minimum absolute atomic E-state index is 0.243. The quantitative estimate of drug-likeness (QED) is 0.829. The Hall–Kier alpha value is -1.84. The Labute approximate surface area is 118 Å². The molecule has 1 amide bonds. The number of carbonyl (C=O) groups is 1. The average Bonchev–Trinajstić information content (AvgIpc) is 2.47. The number of rotatable bonds is 5. The molecule has 0 unspecified atom stereocenters. The van der Waals surface area contributed by atoms with Crippen LogP contribution >= 0.6 is 0 Å². The number of hydrogen-bond acceptors (Lipinski definition) is 2. The molecule has 1 aliphatic rings. The van der Waals surface area contributed by atoms with Gasteiger partial charge in [-0.1, -0.05) is 25.8 Å². The molecule has 1 aromatic carbocycles. The van der Waals surface area contributed by atoms with Crippen LogP contribution in [0.2, 0.25) is 0 Å². The van der Waals surface area contributed by atoms with E-state index in [-0.39, 0.29) is 11.7 Å². The Morgan fingerprint density at radius 3 is 2.80 bits per heavy atom. The largest absolute Gasteiger partial charge is 0.490 e. The van der Waals surface area contributed by atoms with Crippen LogP contribution in [-0.2, 0) is 4.79 Å². The lowest BCUT2D eigenvalue weighted by Crippen LogP contribution is -2.15. The second-order valence-electron chi connectivity index (χ2n) is 5.15. The van der Waals surface area contributed by atoms with Crippen molar-refractivity contribution in [1.82, 2.24) is 0 Å². The van der Waals surface area contributed by atoms with Crippen molar-refractivity contribution in [3.63, 3.8) is 0 Å². The molecular formula is C16H20FNO2. The normalized spacial score (nSPS) is 15.7. The molecule has 0 heterocycles. The summed E-state index contributed by atoms with van der Waals surface area (Å²) in [4.78, 5) is 11.1. The van der Waals surface area contributed by atoms with E-state index in [1.807, 2.05) is 0 Å². The Morgan fingerprint density at radius 2 is 2.15 bits per heavy atom. The maximum atomic E-state index is 13.9. The molecule has 1 fully saturated rings. The average molecular weight is 277 g/mol. The van der Waals surface area contributed by atoms with E-state index >= 15 is 0 Å². The third-order valence-corrected chi connectivity index (χ3v) is 3.58. The predicted octanol–water partition coefficient (Wildman–Crippen LogP) is 3.91. The summed E-state index contributed by atoms with van der Waals surface area (Å²) in [5, 5.41) is 2.51. The lowest BCUT2D eigenvalue weighted by molar-refractivity contribution is -0.111. The number of anilines is 1. The van der Waals surface area contributed by atoms with Gasteiger partial charge in [-0.05, 0) is 37.0 Å². The molecule has 1 aliphatic carbocycles. The van der Waals surface area contributed by atoms with Crippen LogP contribution in [-0.4, -0.2) is 12.5 Å². The summed E-state index contributed by atoms with van der Waals surface area (Å²) in [7, 11) is 0. The lowest BCUT2D eigenvalue weighted by Gasteiger charge is -2.21. The number of halogens is 1. The lowest BCUT2D eigenvalue weighted by atomic mass is 9.90. The molecular weight excluding hydrogens is 257 g/mol. The molecule has 1 N–H and O–H groups in total. The third kappa shape index (κ3) is 4.08. The first-order chi connectivity index (χ1) is 9.69. The number of benzene rings is 1. The van der Waals surface area contributed by atoms with Gasteiger partial charge in [-0.15, -0.1) is 0 Å². The Morgan fingerprint density at radius 1 is 1.40 bits per heavy atom. The zero-order chi connectivity index (χ0) is 14.4. The van der Waals surface area contributed by atoms with Gasteiger partial charge >= 0.3 is 0 Å². The van der Waals surface area contributed by atoms with Crippen molar-refractivity contribution in [2.24, 2.45) is 5.92 Å². The maximum Gasteiger partial charge on any atom is 0.247 e. The summed E-state index contributed by atoms with van der Waals surface area (Å²) in [5.41, 5.74) is 0.400. The fourth-order valence-corrected chi connectivity index (χ4v) is 2.45. The van der Waals surface area contributed by atoms with E-state index in [0.717, 1.165) is 18.9 Å². The summed E-state index contributed by atoms with van der Waals surface area (Å²) in [6, 6.07) is 4.44. The van der Waals surface area contributed by atoms with Gasteiger partial charge in [0.15, 0.2) is 11.6 Å². The van der Waals surface area contributed by atoms with Gasteiger partial charge in [0.05, 0.1) is 6.61 Å². The molecule has 1 saturated carbocycles. The van der Waals surface area contributed by atoms with E-state index in [1.54, 1.807) is 12.1 Å². The number of hydrogen-bond donors (Lipinski definition) is 1. The molecule has 0 spiro atoms. The smallest absolute Gasteiger partial charge is 0.247 e. The van der Waals surface area contributed by atoms with Crippen LogP contribution in [0.5, 0.6) is 5.75 Å². The van der Waals surface area contributed by atoms with Gasteiger partial charge in [0.25, 0.3) is 0 Å². The highest BCUT2D eigenvalue weighted by Gasteiger charge is 2.15. The van der Waals surface area contributed by atoms with E-state index in [2.05, 4.69) is 11.9 Å². The predicted molar refractivity (Wildman–Crippen MR) is 77.3 cm³/mol. The molecule has 20 heavy (non-hydrogen) atoms. The van der Waals surface area contributed by atoms with Crippen molar-refractivity contribution >= 4 is 11.6 Å². The fourth-order valence-electron chi connectivity index (χ4n) is 2.45. The third-order valence-electron chi connectivity index (χ3n) is 3.58. The minimum atomic E-state index is -0.456. The highest BCUT2D eigenvalue weighted by atomic mass is 19.1. The van der Waals surface area contributed by atoms with Gasteiger partial charge in [-0.3, -0.25) is 4.79 Å². The maximum absolute atomic E-state index is 13.9. The van der Waals surface area contributed by atoms with E-state index in [4.69, 9.17) is 4.74 Å². The van der Waals surface area contributed by atoms with Crippen LogP contribution in [0.4, 0.5) is 10.1 Å². The van der Waals surface area contributed by atoms with E-state index < -0.39 is 5.82 Å². The Kier molecular flexibility index (Phi) is 5.16. The van der Waals surface area contributed by atoms with Gasteiger partial charge < -0.3 is 10.1 Å². The van der Waals surface area contributed by atoms with Crippen LogP contribution in [0, 0.1) is 11.7 Å². The van der Waals surface area contributed by atoms with Gasteiger partial charge in [0.1, 0.15) is 0 Å². The van der Waals surface area contributed by atoms with Gasteiger partial charge in [-0.2, -0.15) is 0 Å². The highest BCUT2D eigenvalue weighted by Crippen LogP contribution is 2.26. The van der Waals surface area contributed by atoms with E-state index in [1.165, 1.54) is 25.3 Å². The van der Waals surface area contributed by atoms with Crippen molar-refractivity contribution in [2.45, 2.75) is 32.1 Å². The van der Waals surface area contributed by atoms with Gasteiger partial charge in [-0.25, -0.2) is 4.39 Å². The first kappa shape index (κ1) is 14.6. The zero-order valence-electron chi connectivity index (χ0n) is 11.5. The van der Waals surface area contributed by atoms with Crippen molar-refractivity contribution < 1.29 is 13.9 Å². The number of amides is 1. The second-order valence-corrected chi connectivity index (χ2v) is 5.15. The number of nitrogens with one attached hydrogen (secondary N) is 1. The molecule has 2 rings (SSSR count). The van der Waals surface area contributed by atoms with Crippen molar-refractivity contribution in [3.8, 4) is 5.75 Å². The first-order valence-corrected chi connectivity index (χ1v) is 7.05. The monoisotopic (exact) mass is 277 g/mol. The topological polar surface area (TPSA) is 38.3 Å². The SMILES string of the molecule is C=CC(=O)Nc1ccc(OCC2CCCCC2)c(F)c1. The van der Waals surface area contributed by atoms with Crippen molar-refractivity contribution in [3.05, 3.63) is 36.7 Å². The van der Waals surface area contributed by atoms with Crippen LogP contribution in [0.15, 0.2) is 30.9 Å². The summed E-state index contributed by atoms with van der Waals surface area (Å²) >= 11 is 0. The molecule has 0 bridgehead atoms. The molecule has 0 aliphatic heterocycles. The first-order valence-electron chi connectivity index (χ1n) is 7.05. The summed E-state index contributed by atoms with van der Waals surface area (Å²) in [6.45, 7) is 3.91. The molecule has 0 saturated heterocycles. The fraction of sp³-hybridized carbons (Fsp3) is 0.438. The molecule has 108 valence electrons. The molecule has 1 aromatic rings. The van der Waals surface area contributed by atoms with Gasteiger partial charge in [0, 0.05) is 11.8 Å². The molecule has 0 aromatic heterocycles. The van der Waals surface area contributed by atoms with Crippen LogP contribution in [0.3, 0.4) is 0 Å². The van der Waals surface area contributed by atoms with Crippen LogP contribution in [0.25, 0.3) is 0 Å². The van der Waals surface area contributed by atoms with Crippen molar-refractivity contribution in [2.75, 3.05) is 11.9 Å². The van der Waals surface area contributed by atoms with E-state index in [9.17, 15) is 9.18 Å². The highest BCUT2D eigenvalue weighted by molar-refractivity contribution is 5.98. The summed E-state index contributed by atoms with van der Waals surface area (Å²) in [6.07, 6.45) is 7.24. The summed E-state index contributed by atoms with van der Waals surface area (Å²) in [5.74, 6) is -0.0431. The minimum Gasteiger partial charge on any atom is -0.490 e. The zero-order valence-corrected chi connectivity index (χ0v) is 11.5. The Bertz CT molecular complexity index is 481. The van der Waals surface area contributed by atoms with E-state index in [0.29, 0.717) is 18.2 Å². The van der Waals surface area contributed by atoms with Gasteiger partial charge in [0.2, 0.25) is 5.91 Å². The molecule has 3 nitrogen and oxygen atoms in total. The Balaban J connectivity index is 1.91.